The number of methoxy groups -OCH3 is 1. The molecule has 0 radical (unpaired) electrons. The van der Waals surface area contributed by atoms with Gasteiger partial charge in [-0.05, 0) is 0 Å². The van der Waals surface area contributed by atoms with Crippen molar-refractivity contribution in [3.63, 3.8) is 0 Å². The predicted molar refractivity (Wildman–Crippen MR) is 90.3 cm³/mol. The molecule has 0 unspecified atom stereocenters. The molecule has 0 heterocycles. The Bertz CT molecular complexity index is 574. The summed E-state index contributed by atoms with van der Waals surface area (Å²) in [5, 5.41) is 3.45. The first-order chi connectivity index (χ1) is 10.7. The number of ether oxygens (including phenoxy) is 1. The quantitative estimate of drug-likeness (QED) is 0.606. The van der Waals surface area contributed by atoms with E-state index in [9.17, 15) is 4.79 Å². The third-order valence-electron chi connectivity index (χ3n) is 3.36. The first-order valence-electron chi connectivity index (χ1n) is 7.27. The third-order valence-corrected chi connectivity index (χ3v) is 6.30. The molecule has 0 saturated heterocycles. The molecular formula is C18H21NO2Se. The molecule has 0 aromatic heterocycles. The predicted octanol–water partition coefficient (Wildman–Crippen LogP) is 2.16. The van der Waals surface area contributed by atoms with Gasteiger partial charge < -0.3 is 0 Å². The zero-order chi connectivity index (χ0) is 15.8. The van der Waals surface area contributed by atoms with Crippen LogP contribution in [-0.4, -0.2) is 34.1 Å². The molecule has 0 saturated carbocycles. The van der Waals surface area contributed by atoms with Crippen LogP contribution in [0.4, 0.5) is 0 Å². The molecule has 2 atom stereocenters. The van der Waals surface area contributed by atoms with Gasteiger partial charge in [0.2, 0.25) is 0 Å². The van der Waals surface area contributed by atoms with Gasteiger partial charge in [-0.15, -0.1) is 0 Å². The van der Waals surface area contributed by atoms with Gasteiger partial charge in [0.05, 0.1) is 0 Å². The molecule has 0 aliphatic carbocycles. The van der Waals surface area contributed by atoms with Gasteiger partial charge >= 0.3 is 138 Å². The third kappa shape index (κ3) is 4.99. The van der Waals surface area contributed by atoms with Crippen molar-refractivity contribution in [2.24, 2.45) is 0 Å². The molecule has 0 fully saturated rings. The van der Waals surface area contributed by atoms with E-state index in [2.05, 4.69) is 36.5 Å². The van der Waals surface area contributed by atoms with Crippen molar-refractivity contribution in [2.75, 3.05) is 7.11 Å². The summed E-state index contributed by atoms with van der Waals surface area (Å²) in [5.41, 5.74) is 1.21. The summed E-state index contributed by atoms with van der Waals surface area (Å²) in [6.45, 7) is 2.80. The van der Waals surface area contributed by atoms with E-state index in [0.717, 1.165) is 6.54 Å². The normalized spacial score (nSPS) is 13.4. The van der Waals surface area contributed by atoms with Crippen LogP contribution in [0.3, 0.4) is 0 Å². The molecule has 1 N–H and O–H groups in total. The average molecular weight is 362 g/mol. The zero-order valence-electron chi connectivity index (χ0n) is 12.9. The Labute approximate surface area is 138 Å². The van der Waals surface area contributed by atoms with E-state index in [1.807, 2.05) is 36.4 Å². The number of esters is 1. The Balaban J connectivity index is 2.00. The summed E-state index contributed by atoms with van der Waals surface area (Å²) in [4.78, 5) is 12.0. The molecule has 0 spiro atoms. The van der Waals surface area contributed by atoms with Gasteiger partial charge in [-0.25, -0.2) is 0 Å². The Morgan fingerprint density at radius 3 is 2.27 bits per heavy atom. The van der Waals surface area contributed by atoms with Crippen molar-refractivity contribution >= 4 is 25.4 Å². The number of hydrogen-bond acceptors (Lipinski definition) is 3. The summed E-state index contributed by atoms with van der Waals surface area (Å²) >= 11 is 0.0391. The molecule has 0 aliphatic rings. The molecule has 0 aliphatic heterocycles. The van der Waals surface area contributed by atoms with Crippen molar-refractivity contribution in [3.05, 3.63) is 66.2 Å². The van der Waals surface area contributed by atoms with Crippen LogP contribution in [-0.2, 0) is 16.1 Å². The van der Waals surface area contributed by atoms with Crippen LogP contribution < -0.4 is 9.78 Å². The second-order valence-electron chi connectivity index (χ2n) is 5.03. The number of benzene rings is 2. The molecule has 4 heteroatoms. The molecule has 22 heavy (non-hydrogen) atoms. The van der Waals surface area contributed by atoms with Crippen molar-refractivity contribution < 1.29 is 9.53 Å². The van der Waals surface area contributed by atoms with E-state index in [1.54, 1.807) is 0 Å². The molecule has 2 rings (SSSR count). The second-order valence-corrected chi connectivity index (χ2v) is 7.58. The van der Waals surface area contributed by atoms with Crippen LogP contribution in [0.2, 0.25) is 4.82 Å². The van der Waals surface area contributed by atoms with Crippen LogP contribution in [0.5, 0.6) is 0 Å². The number of rotatable bonds is 7. The maximum atomic E-state index is 12.1. The van der Waals surface area contributed by atoms with Crippen LogP contribution in [0.25, 0.3) is 0 Å². The Hall–Kier alpha value is -1.61. The second kappa shape index (κ2) is 8.74. The maximum absolute atomic E-state index is 12.1. The minimum atomic E-state index is -0.142. The number of carbonyl (C=O) groups excluding carboxylic acids is 1. The minimum absolute atomic E-state index is 0.0391. The fourth-order valence-electron chi connectivity index (χ4n) is 2.10. The number of nitrogens with one attached hydrogen (secondary N) is 1. The van der Waals surface area contributed by atoms with Gasteiger partial charge in [-0.3, -0.25) is 0 Å². The SMILES string of the molecule is COC(=O)[C@@H]([Se]c1ccccc1)[C@H](C)NCc1ccccc1. The van der Waals surface area contributed by atoms with Crippen molar-refractivity contribution in [1.82, 2.24) is 5.32 Å². The fraction of sp³-hybridized carbons (Fsp3) is 0.278. The molecular weight excluding hydrogens is 341 g/mol. The van der Waals surface area contributed by atoms with Crippen molar-refractivity contribution in [1.29, 1.82) is 0 Å². The van der Waals surface area contributed by atoms with Crippen LogP contribution >= 0.6 is 0 Å². The first-order valence-corrected chi connectivity index (χ1v) is 9.12. The van der Waals surface area contributed by atoms with Gasteiger partial charge in [0.1, 0.15) is 0 Å². The van der Waals surface area contributed by atoms with E-state index in [-0.39, 0.29) is 31.8 Å². The summed E-state index contributed by atoms with van der Waals surface area (Å²) in [5.74, 6) is -0.142. The van der Waals surface area contributed by atoms with Gasteiger partial charge in [0.15, 0.2) is 0 Å². The molecule has 0 amide bonds. The van der Waals surface area contributed by atoms with E-state index < -0.39 is 0 Å². The van der Waals surface area contributed by atoms with E-state index in [0.29, 0.717) is 0 Å². The van der Waals surface area contributed by atoms with Gasteiger partial charge in [0, 0.05) is 0 Å². The van der Waals surface area contributed by atoms with Crippen molar-refractivity contribution in [3.8, 4) is 0 Å². The molecule has 0 bridgehead atoms. The topological polar surface area (TPSA) is 38.3 Å². The van der Waals surface area contributed by atoms with Gasteiger partial charge in [-0.2, -0.15) is 0 Å². The van der Waals surface area contributed by atoms with Crippen LogP contribution in [0, 0.1) is 0 Å². The Morgan fingerprint density at radius 2 is 1.68 bits per heavy atom. The standard InChI is InChI=1S/C18H21NO2Se/c1-14(19-13-15-9-5-3-6-10-15)17(18(20)21-2)22-16-11-7-4-8-12-16/h3-12,14,17,19H,13H2,1-2H3/t14-,17-/m0/s1. The molecule has 3 nitrogen and oxygen atoms in total. The van der Waals surface area contributed by atoms with E-state index in [1.165, 1.54) is 17.1 Å². The molecule has 116 valence electrons. The molecule has 2 aromatic rings. The monoisotopic (exact) mass is 363 g/mol. The van der Waals surface area contributed by atoms with Gasteiger partial charge in [0.25, 0.3) is 0 Å². The summed E-state index contributed by atoms with van der Waals surface area (Å²) in [6.07, 6.45) is 0. The van der Waals surface area contributed by atoms with E-state index >= 15 is 0 Å². The molecule has 2 aromatic carbocycles. The Kier molecular flexibility index (Phi) is 6.66. The van der Waals surface area contributed by atoms with Gasteiger partial charge in [-0.1, -0.05) is 0 Å². The van der Waals surface area contributed by atoms with E-state index in [4.69, 9.17) is 4.74 Å². The fourth-order valence-corrected chi connectivity index (χ4v) is 4.41. The summed E-state index contributed by atoms with van der Waals surface area (Å²) < 4.78 is 6.20. The van der Waals surface area contributed by atoms with Crippen molar-refractivity contribution in [2.45, 2.75) is 24.3 Å². The zero-order valence-corrected chi connectivity index (χ0v) is 14.6. The first kappa shape index (κ1) is 16.8. The van der Waals surface area contributed by atoms with Crippen LogP contribution in [0.1, 0.15) is 12.5 Å². The Morgan fingerprint density at radius 1 is 1.09 bits per heavy atom. The number of hydrogen-bond donors (Lipinski definition) is 1. The number of carbonyl (C=O) groups is 1. The summed E-state index contributed by atoms with van der Waals surface area (Å²) in [7, 11) is 1.46. The average Bonchev–Trinajstić information content (AvgIpc) is 2.58. The summed E-state index contributed by atoms with van der Waals surface area (Å²) in [6, 6.07) is 20.4. The van der Waals surface area contributed by atoms with Crippen LogP contribution in [0.15, 0.2) is 60.7 Å².